The number of rotatable bonds is 3. The van der Waals surface area contributed by atoms with Crippen LogP contribution >= 0.6 is 0 Å². The molecule has 1 heterocycles. The highest BCUT2D eigenvalue weighted by Crippen LogP contribution is 2.33. The second-order valence-corrected chi connectivity index (χ2v) is 11.6. The van der Waals surface area contributed by atoms with Gasteiger partial charge in [-0.1, -0.05) is 38.2 Å². The maximum absolute atomic E-state index is 10.2. The van der Waals surface area contributed by atoms with Gasteiger partial charge in [-0.15, -0.1) is 5.10 Å². The van der Waals surface area contributed by atoms with Crippen LogP contribution in [0.25, 0.3) is 0 Å². The predicted octanol–water partition coefficient (Wildman–Crippen LogP) is 1.94. The third-order valence-electron chi connectivity index (χ3n) is 4.09. The molecular weight excluding hydrogens is 242 g/mol. The van der Waals surface area contributed by atoms with E-state index in [1.54, 1.807) is 0 Å². The molecule has 0 radical (unpaired) electrons. The van der Waals surface area contributed by atoms with Crippen molar-refractivity contribution in [3.05, 3.63) is 6.20 Å². The molecule has 1 aliphatic rings. The Morgan fingerprint density at radius 2 is 2.11 bits per heavy atom. The van der Waals surface area contributed by atoms with Gasteiger partial charge in [-0.2, -0.15) is 0 Å². The highest BCUT2D eigenvalue weighted by Gasteiger charge is 2.31. The van der Waals surface area contributed by atoms with Gasteiger partial charge in [0.15, 0.2) is 0 Å². The molecule has 18 heavy (non-hydrogen) atoms. The zero-order valence-corrected chi connectivity index (χ0v) is 12.9. The molecule has 1 N–H and O–H groups in total. The van der Waals surface area contributed by atoms with E-state index < -0.39 is 8.07 Å². The quantitative estimate of drug-likeness (QED) is 0.852. The highest BCUT2D eigenvalue weighted by molar-refractivity contribution is 6.88. The number of nitrogens with zero attached hydrogens (tertiary/aromatic N) is 3. The van der Waals surface area contributed by atoms with Crippen LogP contribution in [0.5, 0.6) is 0 Å². The Balaban J connectivity index is 2.17. The number of aromatic nitrogens is 3. The summed E-state index contributed by atoms with van der Waals surface area (Å²) in [6.07, 6.45) is 6.07. The molecule has 0 aromatic carbocycles. The van der Waals surface area contributed by atoms with Crippen molar-refractivity contribution in [2.45, 2.75) is 64.4 Å². The summed E-state index contributed by atoms with van der Waals surface area (Å²) in [4.78, 5) is 0. The molecule has 0 amide bonds. The minimum absolute atomic E-state index is 0.126. The Kier molecular flexibility index (Phi) is 3.92. The van der Waals surface area contributed by atoms with E-state index in [1.165, 1.54) is 6.42 Å². The molecule has 0 saturated heterocycles. The molecule has 1 saturated carbocycles. The first-order valence-electron chi connectivity index (χ1n) is 7.02. The average Bonchev–Trinajstić information content (AvgIpc) is 2.78. The number of hydrogen-bond acceptors (Lipinski definition) is 3. The summed E-state index contributed by atoms with van der Waals surface area (Å²) >= 11 is 0. The zero-order valence-electron chi connectivity index (χ0n) is 11.9. The van der Waals surface area contributed by atoms with Gasteiger partial charge in [0.1, 0.15) is 8.07 Å². The average molecular weight is 267 g/mol. The van der Waals surface area contributed by atoms with E-state index in [0.717, 1.165) is 30.5 Å². The Bertz CT molecular complexity index is 399. The van der Waals surface area contributed by atoms with Crippen LogP contribution in [0.1, 0.15) is 38.6 Å². The number of hydrogen-bond donors (Lipinski definition) is 1. The van der Waals surface area contributed by atoms with E-state index in [9.17, 15) is 5.11 Å². The fourth-order valence-corrected chi connectivity index (χ4v) is 3.52. The first kappa shape index (κ1) is 13.7. The van der Waals surface area contributed by atoms with E-state index in [1.807, 2.05) is 4.68 Å². The van der Waals surface area contributed by atoms with Crippen molar-refractivity contribution in [3.63, 3.8) is 0 Å². The topological polar surface area (TPSA) is 50.9 Å². The maximum atomic E-state index is 10.2. The predicted molar refractivity (Wildman–Crippen MR) is 75.7 cm³/mol. The van der Waals surface area contributed by atoms with Gasteiger partial charge < -0.3 is 5.11 Å². The molecule has 1 fully saturated rings. The van der Waals surface area contributed by atoms with Crippen molar-refractivity contribution in [1.29, 1.82) is 0 Å². The van der Waals surface area contributed by atoms with Gasteiger partial charge in [0.2, 0.25) is 0 Å². The van der Waals surface area contributed by atoms with Crippen LogP contribution in [-0.4, -0.2) is 34.3 Å². The molecule has 2 rings (SSSR count). The van der Waals surface area contributed by atoms with Crippen LogP contribution in [0, 0.1) is 5.92 Å². The van der Waals surface area contributed by atoms with Gasteiger partial charge in [0.25, 0.3) is 0 Å². The Morgan fingerprint density at radius 3 is 2.67 bits per heavy atom. The largest absolute Gasteiger partial charge is 0.391 e. The van der Waals surface area contributed by atoms with Gasteiger partial charge in [-0.05, 0) is 25.2 Å². The highest BCUT2D eigenvalue weighted by atomic mass is 28.3. The van der Waals surface area contributed by atoms with Crippen molar-refractivity contribution in [3.8, 4) is 0 Å². The summed E-state index contributed by atoms with van der Waals surface area (Å²) in [5, 5.41) is 19.9. The molecule has 1 aromatic heterocycles. The Morgan fingerprint density at radius 1 is 1.39 bits per heavy atom. The summed E-state index contributed by atoms with van der Waals surface area (Å²) in [5.74, 6) is 0.720. The lowest BCUT2D eigenvalue weighted by Gasteiger charge is -2.32. The fraction of sp³-hybridized carbons (Fsp3) is 0.846. The minimum atomic E-state index is -1.40. The lowest BCUT2D eigenvalue weighted by molar-refractivity contribution is 0.0467. The molecule has 1 unspecified atom stereocenters. The summed E-state index contributed by atoms with van der Waals surface area (Å²) in [6, 6.07) is 0.126. The third-order valence-corrected chi connectivity index (χ3v) is 5.85. The van der Waals surface area contributed by atoms with Crippen LogP contribution < -0.4 is 5.32 Å². The smallest absolute Gasteiger partial charge is 0.106 e. The maximum Gasteiger partial charge on any atom is 0.106 e. The SMILES string of the molecule is CCC1CC[C@@H](O)[C@H](n2cc([Si](C)(C)C)nn2)C1. The van der Waals surface area contributed by atoms with E-state index in [0.29, 0.717) is 0 Å². The molecule has 1 aliphatic carbocycles. The summed E-state index contributed by atoms with van der Waals surface area (Å²) in [6.45, 7) is 9.04. The standard InChI is InChI=1S/C13H25N3OSi/c1-5-10-6-7-12(17)11(8-10)16-9-13(14-15-16)18(2,3)4/h9-12,17H,5-8H2,1-4H3/t10?,11-,12-/m1/s1. The number of aliphatic hydroxyl groups excluding tert-OH is 1. The molecule has 0 spiro atoms. The van der Waals surface area contributed by atoms with E-state index in [2.05, 4.69) is 43.1 Å². The lowest BCUT2D eigenvalue weighted by Crippen LogP contribution is -2.39. The van der Waals surface area contributed by atoms with E-state index in [4.69, 9.17) is 0 Å². The van der Waals surface area contributed by atoms with Crippen molar-refractivity contribution in [2.24, 2.45) is 5.92 Å². The van der Waals surface area contributed by atoms with E-state index in [-0.39, 0.29) is 12.1 Å². The minimum Gasteiger partial charge on any atom is -0.391 e. The van der Waals surface area contributed by atoms with Gasteiger partial charge in [-0.25, -0.2) is 4.68 Å². The Labute approximate surface area is 110 Å². The third kappa shape index (κ3) is 2.83. The summed E-state index contributed by atoms with van der Waals surface area (Å²) in [7, 11) is -1.40. The van der Waals surface area contributed by atoms with Crippen LogP contribution in [0.2, 0.25) is 19.6 Å². The van der Waals surface area contributed by atoms with Gasteiger partial charge >= 0.3 is 0 Å². The Hall–Kier alpha value is -0.683. The van der Waals surface area contributed by atoms with E-state index >= 15 is 0 Å². The first-order chi connectivity index (χ1) is 8.41. The van der Waals surface area contributed by atoms with Gasteiger partial charge in [0, 0.05) is 6.20 Å². The fourth-order valence-electron chi connectivity index (χ4n) is 2.65. The summed E-state index contributed by atoms with van der Waals surface area (Å²) < 4.78 is 1.92. The van der Waals surface area contributed by atoms with Crippen molar-refractivity contribution in [1.82, 2.24) is 15.0 Å². The van der Waals surface area contributed by atoms with Crippen molar-refractivity contribution < 1.29 is 5.11 Å². The number of aliphatic hydroxyl groups is 1. The second kappa shape index (κ2) is 5.13. The first-order valence-corrected chi connectivity index (χ1v) is 10.5. The zero-order chi connectivity index (χ0) is 13.3. The lowest BCUT2D eigenvalue weighted by atomic mass is 9.82. The molecule has 5 heteroatoms. The van der Waals surface area contributed by atoms with Gasteiger partial charge in [-0.3, -0.25) is 0 Å². The van der Waals surface area contributed by atoms with Crippen LogP contribution in [0.3, 0.4) is 0 Å². The monoisotopic (exact) mass is 267 g/mol. The summed E-state index contributed by atoms with van der Waals surface area (Å²) in [5.41, 5.74) is 0. The van der Waals surface area contributed by atoms with Crippen molar-refractivity contribution in [2.75, 3.05) is 0 Å². The second-order valence-electron chi connectivity index (χ2n) is 6.56. The molecule has 0 bridgehead atoms. The molecule has 1 aromatic rings. The van der Waals surface area contributed by atoms with Crippen LogP contribution in [0.15, 0.2) is 6.20 Å². The van der Waals surface area contributed by atoms with Crippen molar-refractivity contribution >= 4 is 13.4 Å². The molecule has 0 aliphatic heterocycles. The molecule has 3 atom stereocenters. The molecule has 4 nitrogen and oxygen atoms in total. The molecular formula is C13H25N3OSi. The molecule has 102 valence electrons. The normalized spacial score (nSPS) is 29.5. The van der Waals surface area contributed by atoms with Gasteiger partial charge in [0.05, 0.1) is 17.5 Å². The van der Waals surface area contributed by atoms with Crippen LogP contribution in [0.4, 0.5) is 0 Å². The van der Waals surface area contributed by atoms with Crippen LogP contribution in [-0.2, 0) is 0 Å².